The van der Waals surface area contributed by atoms with Crippen LogP contribution in [-0.4, -0.2) is 25.6 Å². The van der Waals surface area contributed by atoms with Gasteiger partial charge >= 0.3 is 0 Å². The van der Waals surface area contributed by atoms with E-state index < -0.39 is 5.82 Å². The number of ether oxygens (including phenoxy) is 1. The average Bonchev–Trinajstić information content (AvgIpc) is 2.45. The monoisotopic (exact) mass is 293 g/mol. The summed E-state index contributed by atoms with van der Waals surface area (Å²) in [4.78, 5) is 11.4. The lowest BCUT2D eigenvalue weighted by atomic mass is 10.2. The minimum absolute atomic E-state index is 0.198. The van der Waals surface area contributed by atoms with Gasteiger partial charge in [-0.15, -0.1) is 0 Å². The minimum atomic E-state index is -0.398. The summed E-state index contributed by atoms with van der Waals surface area (Å²) in [5.41, 5.74) is 0.767. The summed E-state index contributed by atoms with van der Waals surface area (Å²) in [7, 11) is 0. The van der Waals surface area contributed by atoms with E-state index in [0.29, 0.717) is 12.3 Å². The van der Waals surface area contributed by atoms with Crippen molar-refractivity contribution in [3.63, 3.8) is 0 Å². The minimum Gasteiger partial charge on any atom is -0.484 e. The molecule has 0 heterocycles. The molecule has 1 aromatic carbocycles. The van der Waals surface area contributed by atoms with E-state index in [-0.39, 0.29) is 25.5 Å². The molecule has 2 N–H and O–H groups in total. The fraction of sp³-hybridized carbons (Fsp3) is 0.467. The number of nitriles is 1. The van der Waals surface area contributed by atoms with Crippen molar-refractivity contribution in [3.05, 3.63) is 29.6 Å². The molecule has 0 atom stereocenters. The van der Waals surface area contributed by atoms with Crippen LogP contribution >= 0.6 is 0 Å². The van der Waals surface area contributed by atoms with Gasteiger partial charge in [-0.3, -0.25) is 4.79 Å². The third kappa shape index (κ3) is 7.28. The van der Waals surface area contributed by atoms with Gasteiger partial charge in [0.1, 0.15) is 11.6 Å². The highest BCUT2D eigenvalue weighted by atomic mass is 19.1. The number of carbonyl (C=O) groups excluding carboxylic acids is 1. The van der Waals surface area contributed by atoms with Crippen molar-refractivity contribution in [2.45, 2.75) is 26.3 Å². The normalized spacial score (nSPS) is 9.95. The highest BCUT2D eigenvalue weighted by Crippen LogP contribution is 2.16. The molecular weight excluding hydrogens is 273 g/mol. The van der Waals surface area contributed by atoms with Gasteiger partial charge in [0, 0.05) is 19.2 Å². The van der Waals surface area contributed by atoms with Gasteiger partial charge in [-0.25, -0.2) is 4.39 Å². The van der Waals surface area contributed by atoms with Crippen LogP contribution in [-0.2, 0) is 11.3 Å². The maximum absolute atomic E-state index is 13.5. The number of hydrogen-bond acceptors (Lipinski definition) is 4. The number of nitrogens with one attached hydrogen (secondary N) is 2. The Bertz CT molecular complexity index is 500. The van der Waals surface area contributed by atoms with Crippen molar-refractivity contribution in [1.82, 2.24) is 10.6 Å². The molecule has 0 radical (unpaired) electrons. The maximum Gasteiger partial charge on any atom is 0.257 e. The molecule has 114 valence electrons. The highest BCUT2D eigenvalue weighted by Gasteiger charge is 2.05. The highest BCUT2D eigenvalue weighted by molar-refractivity contribution is 5.77. The first-order valence-electron chi connectivity index (χ1n) is 6.92. The predicted octanol–water partition coefficient (Wildman–Crippen LogP) is 1.73. The number of benzene rings is 1. The molecular formula is C15H20FN3O2. The molecule has 0 bridgehead atoms. The first-order valence-corrected chi connectivity index (χ1v) is 6.92. The molecule has 6 heteroatoms. The molecule has 0 aliphatic heterocycles. The van der Waals surface area contributed by atoms with E-state index in [2.05, 4.69) is 17.6 Å². The van der Waals surface area contributed by atoms with Gasteiger partial charge < -0.3 is 15.4 Å². The molecule has 0 saturated heterocycles. The fourth-order valence-electron chi connectivity index (χ4n) is 1.67. The van der Waals surface area contributed by atoms with Crippen molar-refractivity contribution in [1.29, 1.82) is 5.26 Å². The Morgan fingerprint density at radius 1 is 1.38 bits per heavy atom. The van der Waals surface area contributed by atoms with Crippen LogP contribution in [0.25, 0.3) is 0 Å². The fourth-order valence-corrected chi connectivity index (χ4v) is 1.67. The molecule has 0 unspecified atom stereocenters. The number of nitrogens with zero attached hydrogens (tertiary/aromatic N) is 1. The van der Waals surface area contributed by atoms with E-state index in [9.17, 15) is 9.18 Å². The summed E-state index contributed by atoms with van der Waals surface area (Å²) in [6.07, 6.45) is 1.25. The lowest BCUT2D eigenvalue weighted by molar-refractivity contribution is -0.123. The van der Waals surface area contributed by atoms with Crippen LogP contribution in [0.15, 0.2) is 18.2 Å². The molecule has 1 rings (SSSR count). The summed E-state index contributed by atoms with van der Waals surface area (Å²) in [6, 6.07) is 6.30. The Hall–Kier alpha value is -2.13. The van der Waals surface area contributed by atoms with E-state index in [1.165, 1.54) is 12.1 Å². The van der Waals surface area contributed by atoms with Crippen LogP contribution in [0.5, 0.6) is 5.75 Å². The Balaban J connectivity index is 2.47. The third-order valence-electron chi connectivity index (χ3n) is 2.62. The van der Waals surface area contributed by atoms with Gasteiger partial charge in [0.2, 0.25) is 0 Å². The van der Waals surface area contributed by atoms with Crippen LogP contribution in [0.4, 0.5) is 4.39 Å². The Morgan fingerprint density at radius 2 is 2.19 bits per heavy atom. The molecule has 21 heavy (non-hydrogen) atoms. The summed E-state index contributed by atoms with van der Waals surface area (Å²) < 4.78 is 18.7. The van der Waals surface area contributed by atoms with E-state index in [4.69, 9.17) is 10.00 Å². The lowest BCUT2D eigenvalue weighted by Gasteiger charge is -2.09. The summed E-state index contributed by atoms with van der Waals surface area (Å²) in [5, 5.41) is 14.1. The van der Waals surface area contributed by atoms with Crippen LogP contribution in [0.2, 0.25) is 0 Å². The van der Waals surface area contributed by atoms with Gasteiger partial charge in [0.25, 0.3) is 5.91 Å². The largest absolute Gasteiger partial charge is 0.484 e. The molecule has 1 aromatic rings. The summed E-state index contributed by atoms with van der Waals surface area (Å²) in [6.45, 7) is 3.55. The Kier molecular flexibility index (Phi) is 7.84. The molecule has 0 aliphatic rings. The van der Waals surface area contributed by atoms with Gasteiger partial charge in [-0.2, -0.15) is 5.26 Å². The van der Waals surface area contributed by atoms with Crippen molar-refractivity contribution in [2.24, 2.45) is 0 Å². The summed E-state index contributed by atoms with van der Waals surface area (Å²) in [5.74, 6) is -0.412. The third-order valence-corrected chi connectivity index (χ3v) is 2.62. The number of hydrogen-bond donors (Lipinski definition) is 2. The lowest BCUT2D eigenvalue weighted by Crippen LogP contribution is -2.29. The van der Waals surface area contributed by atoms with E-state index in [1.54, 1.807) is 6.07 Å². The SMILES string of the molecule is CCCNCc1cc(F)cc(OCC(=O)NCCC#N)c1. The topological polar surface area (TPSA) is 74.2 Å². The van der Waals surface area contributed by atoms with Gasteiger partial charge in [0.05, 0.1) is 12.5 Å². The quantitative estimate of drug-likeness (QED) is 0.680. The Morgan fingerprint density at radius 3 is 2.90 bits per heavy atom. The number of amides is 1. The van der Waals surface area contributed by atoms with Crippen LogP contribution in [0.1, 0.15) is 25.3 Å². The van der Waals surface area contributed by atoms with Crippen molar-refractivity contribution in [3.8, 4) is 11.8 Å². The summed E-state index contributed by atoms with van der Waals surface area (Å²) >= 11 is 0. The molecule has 0 aliphatic carbocycles. The van der Waals surface area contributed by atoms with Gasteiger partial charge in [-0.05, 0) is 30.7 Å². The van der Waals surface area contributed by atoms with Crippen LogP contribution in [0.3, 0.4) is 0 Å². The van der Waals surface area contributed by atoms with Gasteiger partial charge in [0.15, 0.2) is 6.61 Å². The predicted molar refractivity (Wildman–Crippen MR) is 77.1 cm³/mol. The molecule has 0 fully saturated rings. The number of rotatable bonds is 9. The zero-order valence-corrected chi connectivity index (χ0v) is 12.1. The molecule has 0 aromatic heterocycles. The smallest absolute Gasteiger partial charge is 0.257 e. The zero-order valence-electron chi connectivity index (χ0n) is 12.1. The van der Waals surface area contributed by atoms with Crippen LogP contribution < -0.4 is 15.4 Å². The first-order chi connectivity index (χ1) is 10.2. The average molecular weight is 293 g/mol. The molecule has 1 amide bonds. The second-order valence-electron chi connectivity index (χ2n) is 4.52. The first kappa shape index (κ1) is 16.9. The van der Waals surface area contributed by atoms with Crippen molar-refractivity contribution in [2.75, 3.05) is 19.7 Å². The van der Waals surface area contributed by atoms with Crippen molar-refractivity contribution < 1.29 is 13.9 Å². The van der Waals surface area contributed by atoms with Gasteiger partial charge in [-0.1, -0.05) is 6.92 Å². The molecule has 0 saturated carbocycles. The molecule has 0 spiro atoms. The number of halogens is 1. The molecule has 5 nitrogen and oxygen atoms in total. The Labute approximate surface area is 124 Å². The second-order valence-corrected chi connectivity index (χ2v) is 4.52. The van der Waals surface area contributed by atoms with E-state index >= 15 is 0 Å². The van der Waals surface area contributed by atoms with Crippen LogP contribution in [0, 0.1) is 17.1 Å². The maximum atomic E-state index is 13.5. The standard InChI is InChI=1S/C15H20FN3O2/c1-2-5-18-10-12-7-13(16)9-14(8-12)21-11-15(20)19-6-3-4-17/h7-9,18H,2-3,5-6,10-11H2,1H3,(H,19,20). The van der Waals surface area contributed by atoms with E-state index in [1.807, 2.05) is 6.07 Å². The van der Waals surface area contributed by atoms with E-state index in [0.717, 1.165) is 18.5 Å². The number of carbonyl (C=O) groups is 1. The zero-order chi connectivity index (χ0) is 15.5. The van der Waals surface area contributed by atoms with Crippen molar-refractivity contribution >= 4 is 5.91 Å². The second kappa shape index (κ2) is 9.72.